The van der Waals surface area contributed by atoms with Gasteiger partial charge in [0.1, 0.15) is 26.4 Å². The first kappa shape index (κ1) is 98.0. The van der Waals surface area contributed by atoms with Crippen LogP contribution in [0.3, 0.4) is 0 Å². The van der Waals surface area contributed by atoms with E-state index in [1.165, 1.54) is 79.1 Å². The monoisotopic (exact) mass is 1850 g/mol. The third kappa shape index (κ3) is 31.7. The van der Waals surface area contributed by atoms with Gasteiger partial charge in [-0.1, -0.05) is 170 Å². The largest absolute Gasteiger partial charge is 0.540 e. The van der Waals surface area contributed by atoms with Gasteiger partial charge in [0.15, 0.2) is 34.5 Å². The third-order valence-corrected chi connectivity index (χ3v) is 59.0. The van der Waals surface area contributed by atoms with Crippen molar-refractivity contribution in [2.75, 3.05) is 16.0 Å². The van der Waals surface area contributed by atoms with E-state index in [1.54, 1.807) is 41.2 Å². The Morgan fingerprint density at radius 1 is 0.515 bits per heavy atom. The number of nitrogens with zero attached hydrogens (tertiary/aromatic N) is 5. The predicted molar refractivity (Wildman–Crippen MR) is 433 cm³/mol. The zero-order chi connectivity index (χ0) is 76.9. The van der Waals surface area contributed by atoms with Crippen molar-refractivity contribution in [3.63, 3.8) is 0 Å². The van der Waals surface area contributed by atoms with E-state index in [4.69, 9.17) is 28.9 Å². The number of unbranched alkanes of at least 4 members (excludes halogenated alkanes) is 3. The average molecular weight is 1860 g/mol. The van der Waals surface area contributed by atoms with E-state index >= 15 is 0 Å². The maximum atomic E-state index is 14.5. The van der Waals surface area contributed by atoms with Gasteiger partial charge in [-0.3, -0.25) is 4.79 Å². The summed E-state index contributed by atoms with van der Waals surface area (Å²) in [5.41, 5.74) is 5.55. The number of aromatic hydroxyl groups is 3. The van der Waals surface area contributed by atoms with E-state index in [0.717, 1.165) is 22.7 Å². The molecule has 5 aromatic heterocycles. The molecule has 0 saturated heterocycles. The van der Waals surface area contributed by atoms with Crippen LogP contribution in [0.15, 0.2) is 92.8 Å². The molecule has 0 aliphatic rings. The van der Waals surface area contributed by atoms with E-state index in [-0.39, 0.29) is 28.3 Å². The van der Waals surface area contributed by atoms with Crippen molar-refractivity contribution in [1.29, 1.82) is 0 Å². The number of aromatic nitrogens is 5. The fourth-order valence-corrected chi connectivity index (χ4v) is 51.7. The van der Waals surface area contributed by atoms with Crippen LogP contribution in [-0.2, 0) is 4.74 Å². The van der Waals surface area contributed by atoms with E-state index in [2.05, 4.69) is 261 Å². The Hall–Kier alpha value is -3.03. The summed E-state index contributed by atoms with van der Waals surface area (Å²) in [5.74, 6) is -4.67. The second kappa shape index (κ2) is 49.6. The van der Waals surface area contributed by atoms with Crippen LogP contribution in [0.5, 0.6) is 28.7 Å². The topological polar surface area (TPSA) is 170 Å². The number of hydrogen-bond donors (Lipinski definition) is 3. The van der Waals surface area contributed by atoms with Crippen molar-refractivity contribution in [3.05, 3.63) is 134 Å². The van der Waals surface area contributed by atoms with E-state index in [1.807, 2.05) is 6.92 Å². The molecule has 0 saturated carbocycles. The fraction of sp³-hybridized carbons (Fsp3) is 0.595. The van der Waals surface area contributed by atoms with E-state index in [0.29, 0.717) is 60.5 Å². The number of carbonyl (C=O) groups excluding carboxylic acids is 1. The Morgan fingerprint density at radius 2 is 0.859 bits per heavy atom. The molecular formula is C74H120Br3F5IN5O7Si3Sn. The molecular weight excluding hydrogens is 1740 g/mol. The summed E-state index contributed by atoms with van der Waals surface area (Å²) >= 11 is 9.69. The minimum Gasteiger partial charge on any atom is -0.540 e. The predicted octanol–water partition coefficient (Wildman–Crippen LogP) is 26.0. The Morgan fingerprint density at radius 3 is 1.13 bits per heavy atom. The van der Waals surface area contributed by atoms with Gasteiger partial charge >= 0.3 is 108 Å². The molecule has 562 valence electrons. The van der Waals surface area contributed by atoms with Gasteiger partial charge in [-0.15, -0.1) is 0 Å². The Kier molecular flexibility index (Phi) is 49.2. The number of carbonyl (C=O) groups is 1. The standard InChI is InChI=1S/C18H30FNO2Si.C14H23BrFNOSi.C10H23ISi.C7H5BrFNO2.C5H3BrFNO.C5H4FNO.3C4H9.C3H5.Sn/c1-9-21-15(8)16-10-11-17(18(19)20-16)22-23(12(2)3,13(4)5)14(6)7;1-9(2)19(10(3)4,11(5)6)18-12-7-8-13(15)17-14(12)16;1-8(2)12(7-11,9(3)4)10(5)6;8-3-6(12)4-1-2-5(11)7(9)10-4;6-4-2-1-3(9)5(7)8-4;6-5-4(8)2-1-3-7-5;3*1-3-4-2;1-3-2;/h10-14H,8-9H2,1-7H3;7-11H,1-6H3;8-10H,7H2,1-6H3;1-2,11H,3H2;1-2,9H;1-3,8H;3*1,3-4H2,2H3;1H2,2H3;. The van der Waals surface area contributed by atoms with Gasteiger partial charge < -0.3 is 28.9 Å². The van der Waals surface area contributed by atoms with Crippen LogP contribution in [-0.4, -0.2) is 105 Å². The van der Waals surface area contributed by atoms with Gasteiger partial charge in [0.05, 0.1) is 20.0 Å². The number of alkyl halides is 2. The number of ketones is 1. The molecule has 0 aliphatic carbocycles. The zero-order valence-electron chi connectivity index (χ0n) is 63.6. The molecule has 99 heavy (non-hydrogen) atoms. The minimum atomic E-state index is -2.19. The van der Waals surface area contributed by atoms with Crippen molar-refractivity contribution >= 4 is 125 Å². The molecule has 5 heterocycles. The molecule has 0 amide bonds. The number of halogens is 9. The van der Waals surface area contributed by atoms with Crippen molar-refractivity contribution in [1.82, 2.24) is 24.9 Å². The number of ether oxygens (including phenoxy) is 1. The third-order valence-electron chi connectivity index (χ3n) is 18.3. The van der Waals surface area contributed by atoms with Crippen molar-refractivity contribution < 1.29 is 55.7 Å². The van der Waals surface area contributed by atoms with Gasteiger partial charge in [0, 0.05) is 6.20 Å². The van der Waals surface area contributed by atoms with Crippen LogP contribution in [0.4, 0.5) is 22.0 Å². The van der Waals surface area contributed by atoms with Crippen molar-refractivity contribution in [3.8, 4) is 28.7 Å². The Balaban J connectivity index is 0. The molecule has 25 heteroatoms. The molecule has 0 aliphatic heterocycles. The summed E-state index contributed by atoms with van der Waals surface area (Å²) < 4.78 is 91.6. The molecule has 0 bridgehead atoms. The van der Waals surface area contributed by atoms with Crippen LogP contribution in [0.2, 0.25) is 63.2 Å². The zero-order valence-corrected chi connectivity index (χ0v) is 76.3. The van der Waals surface area contributed by atoms with E-state index in [9.17, 15) is 26.7 Å². The molecule has 0 fully saturated rings. The van der Waals surface area contributed by atoms with Crippen LogP contribution < -0.4 is 8.85 Å². The van der Waals surface area contributed by atoms with E-state index < -0.39 is 90.1 Å². The number of rotatable bonds is 29. The molecule has 0 radical (unpaired) electrons. The summed E-state index contributed by atoms with van der Waals surface area (Å²) in [7, 11) is -5.32. The summed E-state index contributed by atoms with van der Waals surface area (Å²) in [6.07, 6.45) is 9.73. The van der Waals surface area contributed by atoms with Crippen molar-refractivity contribution in [2.45, 2.75) is 261 Å². The number of Topliss-reactive ketones (excluding diaryl/α,β-unsaturated/α-hetero) is 1. The summed E-state index contributed by atoms with van der Waals surface area (Å²) in [6, 6.07) is 14.5. The Labute approximate surface area is 639 Å². The number of hydrogen-bond acceptors (Lipinski definition) is 12. The van der Waals surface area contributed by atoms with Gasteiger partial charge in [0.25, 0.3) is 46.4 Å². The minimum absolute atomic E-state index is 0.00201. The number of pyridine rings is 5. The number of allylic oxidation sites excluding steroid dienone is 1. The quantitative estimate of drug-likeness (QED) is 0.00789. The molecule has 5 rings (SSSR count). The van der Waals surface area contributed by atoms with Crippen molar-refractivity contribution in [2.24, 2.45) is 0 Å². The molecule has 0 spiro atoms. The molecule has 3 N–H and O–H groups in total. The maximum Gasteiger partial charge on any atom is 0.258 e. The first-order valence-electron chi connectivity index (χ1n) is 34.7. The SMILES string of the molecule is C=C(OCC)c1ccc(O[Si](C(C)C)(C(C)C)C(C)C)c(F)n1.C=[C](C)[Sn]([CH2]CCC)([CH2]CCC)[CH2]CCC.CC(C)[Si](CI)(C(C)C)C(C)C.CC(C)[Si](Oc1ccc(Br)nc1F)(C(C)C)C(C)C.O=C(CBr)c1ccc(O)c(F)n1.Oc1ccc(Br)nc1F.Oc1cccnc1F. The van der Waals surface area contributed by atoms with Crippen LogP contribution in [0.25, 0.3) is 5.76 Å². The normalized spacial score (nSPS) is 11.6. The summed E-state index contributed by atoms with van der Waals surface area (Å²) in [6.45, 7) is 60.4. The summed E-state index contributed by atoms with van der Waals surface area (Å²) in [5, 5.41) is 25.9. The summed E-state index contributed by atoms with van der Waals surface area (Å²) in [4.78, 5) is 28.3. The van der Waals surface area contributed by atoms with Gasteiger partial charge in [-0.2, -0.15) is 22.0 Å². The van der Waals surface area contributed by atoms with Gasteiger partial charge in [-0.05, 0) is 153 Å². The molecule has 0 atom stereocenters. The van der Waals surface area contributed by atoms with Crippen LogP contribution in [0.1, 0.15) is 214 Å². The average Bonchev–Trinajstić information content (AvgIpc) is 0.800. The molecule has 0 unspecified atom stereocenters. The van der Waals surface area contributed by atoms with Crippen LogP contribution in [0, 0.1) is 29.7 Å². The molecule has 12 nitrogen and oxygen atoms in total. The second-order valence-corrected chi connectivity index (χ2v) is 62.7. The first-order chi connectivity index (χ1) is 46.0. The second-order valence-electron chi connectivity index (χ2n) is 27.5. The van der Waals surface area contributed by atoms with Crippen LogP contribution >= 0.6 is 70.4 Å². The fourth-order valence-electron chi connectivity index (χ4n) is 12.9. The maximum absolute atomic E-state index is 14.5. The first-order valence-corrected chi connectivity index (χ1v) is 53.1. The molecule has 0 aromatic carbocycles. The Bertz CT molecular complexity index is 3050. The smallest absolute Gasteiger partial charge is 0.258 e. The van der Waals surface area contributed by atoms with Gasteiger partial charge in [-0.25, -0.2) is 24.9 Å². The molecule has 5 aromatic rings. The van der Waals surface area contributed by atoms with Gasteiger partial charge in [0.2, 0.25) is 0 Å².